The number of carbonyl (C=O) groups excluding carboxylic acids is 2. The number of aliphatic hydroxyl groups is 1. The van der Waals surface area contributed by atoms with Crippen LogP contribution in [0, 0.1) is 0 Å². The van der Waals surface area contributed by atoms with Crippen LogP contribution in [0.3, 0.4) is 0 Å². The minimum absolute atomic E-state index is 0.0600. The lowest BCUT2D eigenvalue weighted by Gasteiger charge is -2.21. The topological polar surface area (TPSA) is 83.4 Å². The Morgan fingerprint density at radius 3 is 2.60 bits per heavy atom. The molecule has 1 aliphatic heterocycles. The first-order valence-corrected chi connectivity index (χ1v) is 9.15. The molecule has 1 aromatic carbocycles. The van der Waals surface area contributed by atoms with Gasteiger partial charge in [-0.25, -0.2) is 0 Å². The van der Waals surface area contributed by atoms with Gasteiger partial charge in [0.15, 0.2) is 0 Å². The van der Waals surface area contributed by atoms with Crippen LogP contribution in [0.5, 0.6) is 0 Å². The van der Waals surface area contributed by atoms with Crippen LogP contribution >= 0.6 is 22.7 Å². The third kappa shape index (κ3) is 2.55. The number of anilines is 1. The molecule has 1 unspecified atom stereocenters. The lowest BCUT2D eigenvalue weighted by atomic mass is 9.97. The van der Waals surface area contributed by atoms with Crippen molar-refractivity contribution in [2.45, 2.75) is 6.04 Å². The third-order valence-corrected chi connectivity index (χ3v) is 5.30. The second-order valence-corrected chi connectivity index (χ2v) is 6.90. The van der Waals surface area contributed by atoms with Gasteiger partial charge in [0.1, 0.15) is 11.3 Å². The molecular formula is C17H11N3O3S2. The molecule has 0 saturated carbocycles. The van der Waals surface area contributed by atoms with Crippen molar-refractivity contribution in [3.8, 4) is 0 Å². The summed E-state index contributed by atoms with van der Waals surface area (Å²) in [4.78, 5) is 26.6. The molecule has 3 heterocycles. The number of aromatic nitrogens is 2. The number of rotatable bonds is 3. The molecule has 0 aliphatic carbocycles. The Morgan fingerprint density at radius 2 is 1.96 bits per heavy atom. The van der Waals surface area contributed by atoms with Gasteiger partial charge in [0.2, 0.25) is 5.13 Å². The van der Waals surface area contributed by atoms with Crippen LogP contribution in [0.15, 0.2) is 58.2 Å². The zero-order chi connectivity index (χ0) is 17.4. The first kappa shape index (κ1) is 15.7. The number of Topliss-reactive ketones (excluding diaryl/α,β-unsaturated/α-hetero) is 1. The summed E-state index contributed by atoms with van der Waals surface area (Å²) in [5.74, 6) is -1.64. The Hall–Kier alpha value is -2.84. The fraction of sp³-hybridized carbons (Fsp3) is 0.0588. The lowest BCUT2D eigenvalue weighted by Crippen LogP contribution is -2.29. The Morgan fingerprint density at radius 1 is 1.16 bits per heavy atom. The van der Waals surface area contributed by atoms with Crippen molar-refractivity contribution in [2.75, 3.05) is 4.90 Å². The summed E-state index contributed by atoms with van der Waals surface area (Å²) in [6, 6.07) is 9.82. The SMILES string of the molecule is O=C1C(=O)N(c2nncs2)C(c2ccsc2)/C1=C(\O)c1ccccc1. The maximum atomic E-state index is 12.7. The predicted octanol–water partition coefficient (Wildman–Crippen LogP) is 3.23. The quantitative estimate of drug-likeness (QED) is 0.435. The van der Waals surface area contributed by atoms with Crippen LogP contribution in [0.25, 0.3) is 5.76 Å². The summed E-state index contributed by atoms with van der Waals surface area (Å²) in [5.41, 5.74) is 2.79. The molecule has 2 aromatic heterocycles. The van der Waals surface area contributed by atoms with E-state index in [4.69, 9.17) is 0 Å². The molecule has 0 radical (unpaired) electrons. The van der Waals surface area contributed by atoms with Gasteiger partial charge in [-0.3, -0.25) is 14.5 Å². The van der Waals surface area contributed by atoms with E-state index in [1.54, 1.807) is 24.3 Å². The summed E-state index contributed by atoms with van der Waals surface area (Å²) in [6.45, 7) is 0. The van der Waals surface area contributed by atoms with E-state index in [1.807, 2.05) is 22.9 Å². The van der Waals surface area contributed by atoms with E-state index >= 15 is 0 Å². The van der Waals surface area contributed by atoms with Gasteiger partial charge in [-0.1, -0.05) is 41.7 Å². The molecule has 0 bridgehead atoms. The summed E-state index contributed by atoms with van der Waals surface area (Å²) >= 11 is 2.62. The van der Waals surface area contributed by atoms with E-state index in [1.165, 1.54) is 33.1 Å². The van der Waals surface area contributed by atoms with Gasteiger partial charge in [-0.05, 0) is 22.4 Å². The Balaban J connectivity index is 1.93. The Bertz CT molecular complexity index is 950. The van der Waals surface area contributed by atoms with Crippen LogP contribution in [-0.2, 0) is 9.59 Å². The largest absolute Gasteiger partial charge is 0.507 e. The predicted molar refractivity (Wildman–Crippen MR) is 95.5 cm³/mol. The monoisotopic (exact) mass is 369 g/mol. The number of aliphatic hydroxyl groups excluding tert-OH is 1. The van der Waals surface area contributed by atoms with Gasteiger partial charge in [0.25, 0.3) is 5.78 Å². The molecule has 0 spiro atoms. The number of amides is 1. The molecule has 3 aromatic rings. The zero-order valence-corrected chi connectivity index (χ0v) is 14.3. The number of hydrogen-bond donors (Lipinski definition) is 1. The lowest BCUT2D eigenvalue weighted by molar-refractivity contribution is -0.132. The van der Waals surface area contributed by atoms with Crippen molar-refractivity contribution in [3.63, 3.8) is 0 Å². The fourth-order valence-electron chi connectivity index (χ4n) is 2.80. The number of nitrogens with zero attached hydrogens (tertiary/aromatic N) is 3. The number of ketones is 1. The highest BCUT2D eigenvalue weighted by molar-refractivity contribution is 7.13. The Labute approximate surface area is 150 Å². The zero-order valence-electron chi connectivity index (χ0n) is 12.7. The molecule has 1 atom stereocenters. The number of benzene rings is 1. The average Bonchev–Trinajstić information content (AvgIpc) is 3.37. The van der Waals surface area contributed by atoms with E-state index in [2.05, 4.69) is 10.2 Å². The van der Waals surface area contributed by atoms with Crippen LogP contribution < -0.4 is 4.90 Å². The summed E-state index contributed by atoms with van der Waals surface area (Å²) in [6.07, 6.45) is 0. The van der Waals surface area contributed by atoms with Crippen LogP contribution in [0.4, 0.5) is 5.13 Å². The minimum atomic E-state index is -0.729. The summed E-state index contributed by atoms with van der Waals surface area (Å²) in [7, 11) is 0. The molecule has 4 rings (SSSR count). The molecule has 1 aliphatic rings. The van der Waals surface area contributed by atoms with Crippen molar-refractivity contribution in [2.24, 2.45) is 0 Å². The molecule has 25 heavy (non-hydrogen) atoms. The van der Waals surface area contributed by atoms with E-state index in [-0.39, 0.29) is 11.3 Å². The number of hydrogen-bond acceptors (Lipinski definition) is 7. The smallest absolute Gasteiger partial charge is 0.301 e. The molecule has 1 fully saturated rings. The molecule has 8 heteroatoms. The number of thiophene rings is 1. The second-order valence-electron chi connectivity index (χ2n) is 5.31. The van der Waals surface area contributed by atoms with Crippen molar-refractivity contribution in [1.82, 2.24) is 10.2 Å². The van der Waals surface area contributed by atoms with Gasteiger partial charge in [-0.15, -0.1) is 10.2 Å². The van der Waals surface area contributed by atoms with Crippen molar-refractivity contribution in [3.05, 3.63) is 69.4 Å². The molecule has 1 N–H and O–H groups in total. The summed E-state index contributed by atoms with van der Waals surface area (Å²) < 4.78 is 0. The van der Waals surface area contributed by atoms with Crippen LogP contribution in [0.1, 0.15) is 17.2 Å². The highest BCUT2D eigenvalue weighted by Crippen LogP contribution is 2.42. The third-order valence-electron chi connectivity index (χ3n) is 3.91. The molecule has 124 valence electrons. The van der Waals surface area contributed by atoms with Gasteiger partial charge < -0.3 is 5.11 Å². The summed E-state index contributed by atoms with van der Waals surface area (Å²) in [5, 5.41) is 22.5. The second kappa shape index (κ2) is 6.23. The van der Waals surface area contributed by atoms with Gasteiger partial charge >= 0.3 is 5.91 Å². The van der Waals surface area contributed by atoms with Gasteiger partial charge in [0, 0.05) is 5.56 Å². The molecular weight excluding hydrogens is 358 g/mol. The van der Waals surface area contributed by atoms with E-state index in [0.717, 1.165) is 5.56 Å². The van der Waals surface area contributed by atoms with E-state index in [0.29, 0.717) is 10.7 Å². The maximum absolute atomic E-state index is 12.7. The van der Waals surface area contributed by atoms with Crippen LogP contribution in [0.2, 0.25) is 0 Å². The van der Waals surface area contributed by atoms with E-state index < -0.39 is 17.7 Å². The van der Waals surface area contributed by atoms with E-state index in [9.17, 15) is 14.7 Å². The Kier molecular flexibility index (Phi) is 3.90. The van der Waals surface area contributed by atoms with Crippen LogP contribution in [-0.4, -0.2) is 27.0 Å². The molecule has 1 saturated heterocycles. The first-order valence-electron chi connectivity index (χ1n) is 7.33. The highest BCUT2D eigenvalue weighted by atomic mass is 32.1. The van der Waals surface area contributed by atoms with Crippen molar-refractivity contribution >= 4 is 45.3 Å². The first-order chi connectivity index (χ1) is 12.2. The normalized spacial score (nSPS) is 19.5. The van der Waals surface area contributed by atoms with Crippen molar-refractivity contribution < 1.29 is 14.7 Å². The fourth-order valence-corrected chi connectivity index (χ4v) is 4.06. The average molecular weight is 369 g/mol. The standard InChI is InChI=1S/C17H11N3O3S2/c21-14(10-4-2-1-3-5-10)12-13(11-6-7-24-8-11)20(16(23)15(12)22)17-19-18-9-25-17/h1-9,13,21H/b14-12+. The minimum Gasteiger partial charge on any atom is -0.507 e. The van der Waals surface area contributed by atoms with Crippen molar-refractivity contribution in [1.29, 1.82) is 0 Å². The van der Waals surface area contributed by atoms with Gasteiger partial charge in [0.05, 0.1) is 11.6 Å². The highest BCUT2D eigenvalue weighted by Gasteiger charge is 2.48. The number of carbonyl (C=O) groups is 2. The maximum Gasteiger partial charge on any atom is 0.301 e. The molecule has 6 nitrogen and oxygen atoms in total. The van der Waals surface area contributed by atoms with Gasteiger partial charge in [-0.2, -0.15) is 11.3 Å². The molecule has 1 amide bonds.